The highest BCUT2D eigenvalue weighted by atomic mass is 31.2. The zero-order valence-electron chi connectivity index (χ0n) is 15.1. The number of benzene rings is 2. The van der Waals surface area contributed by atoms with E-state index in [1.54, 1.807) is 30.3 Å². The van der Waals surface area contributed by atoms with Gasteiger partial charge in [-0.25, -0.2) is 0 Å². The van der Waals surface area contributed by atoms with Gasteiger partial charge in [-0.3, -0.25) is 4.57 Å². The predicted octanol–water partition coefficient (Wildman–Crippen LogP) is 3.01. The summed E-state index contributed by atoms with van der Waals surface area (Å²) in [6, 6.07) is 12.0. The van der Waals surface area contributed by atoms with E-state index in [-0.39, 0.29) is 0 Å². The lowest BCUT2D eigenvalue weighted by atomic mass is 10.2. The number of nitrogens with zero attached hydrogens (tertiary/aromatic N) is 1. The highest BCUT2D eigenvalue weighted by Gasteiger charge is 2.37. The number of hydrogen-bond acceptors (Lipinski definition) is 6. The number of aliphatic hydroxyl groups excluding tert-OH is 1. The monoisotopic (exact) mass is 365 g/mol. The lowest BCUT2D eigenvalue weighted by Gasteiger charge is -2.25. The molecule has 2 atom stereocenters. The molecule has 0 heterocycles. The first-order valence-corrected chi connectivity index (χ1v) is 9.40. The van der Waals surface area contributed by atoms with Gasteiger partial charge in [0.25, 0.3) is 7.37 Å². The van der Waals surface area contributed by atoms with Gasteiger partial charge in [0.2, 0.25) is 0 Å². The van der Waals surface area contributed by atoms with Crippen LogP contribution in [0.25, 0.3) is 0 Å². The summed E-state index contributed by atoms with van der Waals surface area (Å²) in [7, 11) is 4.59. The van der Waals surface area contributed by atoms with Crippen LogP contribution in [-0.2, 0) is 9.09 Å². The Kier molecular flexibility index (Phi) is 6.11. The van der Waals surface area contributed by atoms with E-state index >= 15 is 0 Å². The first-order chi connectivity index (χ1) is 11.9. The smallest absolute Gasteiger partial charge is 0.264 e. The molecule has 2 rings (SSSR count). The third kappa shape index (κ3) is 3.82. The Morgan fingerprint density at radius 1 is 1.00 bits per heavy atom. The Morgan fingerprint density at radius 2 is 1.64 bits per heavy atom. The Labute approximate surface area is 148 Å². The first kappa shape index (κ1) is 19.3. The van der Waals surface area contributed by atoms with E-state index in [2.05, 4.69) is 0 Å². The van der Waals surface area contributed by atoms with Crippen LogP contribution in [0.3, 0.4) is 0 Å². The normalized spacial score (nSPS) is 14.5. The van der Waals surface area contributed by atoms with Crippen molar-refractivity contribution in [2.24, 2.45) is 0 Å². The summed E-state index contributed by atoms with van der Waals surface area (Å²) in [4.78, 5) is 1.93. The molecule has 2 aromatic carbocycles. The summed E-state index contributed by atoms with van der Waals surface area (Å²) in [6.45, 7) is 0. The summed E-state index contributed by atoms with van der Waals surface area (Å²) in [5.74, 6) is -0.441. The summed E-state index contributed by atoms with van der Waals surface area (Å²) < 4.78 is 29.2. The van der Waals surface area contributed by atoms with Crippen LogP contribution >= 0.6 is 7.37 Å². The number of anilines is 1. The number of rotatable bonds is 7. The van der Waals surface area contributed by atoms with Crippen molar-refractivity contribution in [3.8, 4) is 11.5 Å². The molecule has 6 nitrogen and oxygen atoms in total. The molecule has 0 aliphatic heterocycles. The lowest BCUT2D eigenvalue weighted by Crippen LogP contribution is -2.15. The second kappa shape index (κ2) is 7.91. The molecule has 0 saturated heterocycles. The maximum atomic E-state index is 13.5. The quantitative estimate of drug-likeness (QED) is 0.761. The van der Waals surface area contributed by atoms with Gasteiger partial charge in [-0.15, -0.1) is 0 Å². The third-order valence-electron chi connectivity index (χ3n) is 4.03. The molecule has 0 fully saturated rings. The molecule has 136 valence electrons. The summed E-state index contributed by atoms with van der Waals surface area (Å²) in [6.07, 6.45) is 0. The van der Waals surface area contributed by atoms with Crippen LogP contribution in [0.15, 0.2) is 42.5 Å². The average Bonchev–Trinajstić information content (AvgIpc) is 2.66. The van der Waals surface area contributed by atoms with Gasteiger partial charge in [0.15, 0.2) is 5.85 Å². The highest BCUT2D eigenvalue weighted by Crippen LogP contribution is 2.58. The van der Waals surface area contributed by atoms with Crippen molar-refractivity contribution in [3.05, 3.63) is 48.0 Å². The van der Waals surface area contributed by atoms with Crippen LogP contribution in [-0.4, -0.2) is 40.5 Å². The maximum Gasteiger partial charge on any atom is 0.264 e. The van der Waals surface area contributed by atoms with E-state index in [9.17, 15) is 9.67 Å². The second-order valence-electron chi connectivity index (χ2n) is 5.67. The van der Waals surface area contributed by atoms with Gasteiger partial charge in [0, 0.05) is 37.8 Å². The predicted molar refractivity (Wildman–Crippen MR) is 99.5 cm³/mol. The molecule has 0 spiro atoms. The molecule has 2 aromatic rings. The van der Waals surface area contributed by atoms with E-state index in [0.717, 1.165) is 5.69 Å². The topological polar surface area (TPSA) is 68.2 Å². The fourth-order valence-electron chi connectivity index (χ4n) is 2.53. The standard InChI is InChI=1S/C18H24NO5P/c1-19(2)13-6-9-15(10-7-13)25(21,24-5)18(20)16-12-14(22-3)8-11-17(16)23-4/h6-12,18,20H,1-5H3. The number of hydrogen-bond donors (Lipinski definition) is 1. The molecule has 0 radical (unpaired) electrons. The fraction of sp³-hybridized carbons (Fsp3) is 0.333. The molecule has 0 aromatic heterocycles. The Bertz CT molecular complexity index is 761. The van der Waals surface area contributed by atoms with Crippen LogP contribution in [0.2, 0.25) is 0 Å². The minimum absolute atomic E-state index is 0.351. The van der Waals surface area contributed by atoms with Crippen molar-refractivity contribution in [1.29, 1.82) is 0 Å². The summed E-state index contributed by atoms with van der Waals surface area (Å²) >= 11 is 0. The number of ether oxygens (including phenoxy) is 2. The Balaban J connectivity index is 2.50. The third-order valence-corrected chi connectivity index (χ3v) is 6.52. The van der Waals surface area contributed by atoms with Crippen molar-refractivity contribution in [1.82, 2.24) is 0 Å². The molecule has 25 heavy (non-hydrogen) atoms. The van der Waals surface area contributed by atoms with E-state index in [0.29, 0.717) is 22.4 Å². The van der Waals surface area contributed by atoms with Crippen molar-refractivity contribution in [3.63, 3.8) is 0 Å². The summed E-state index contributed by atoms with van der Waals surface area (Å²) in [5, 5.41) is 11.3. The van der Waals surface area contributed by atoms with E-state index in [1.165, 1.54) is 21.3 Å². The lowest BCUT2D eigenvalue weighted by molar-refractivity contribution is 0.223. The first-order valence-electron chi connectivity index (χ1n) is 7.70. The van der Waals surface area contributed by atoms with Crippen LogP contribution < -0.4 is 19.7 Å². The molecule has 7 heteroatoms. The van der Waals surface area contributed by atoms with Crippen LogP contribution in [0.5, 0.6) is 11.5 Å². The second-order valence-corrected chi connectivity index (χ2v) is 8.24. The average molecular weight is 365 g/mol. The minimum atomic E-state index is -3.58. The van der Waals surface area contributed by atoms with Gasteiger partial charge in [-0.05, 0) is 42.5 Å². The van der Waals surface area contributed by atoms with Crippen LogP contribution in [0.1, 0.15) is 11.4 Å². The molecule has 0 saturated carbocycles. The van der Waals surface area contributed by atoms with Crippen molar-refractivity contribution >= 4 is 18.4 Å². The molecule has 0 aliphatic rings. The zero-order valence-corrected chi connectivity index (χ0v) is 16.0. The van der Waals surface area contributed by atoms with E-state index in [4.69, 9.17) is 14.0 Å². The highest BCUT2D eigenvalue weighted by molar-refractivity contribution is 7.67. The molecule has 0 bridgehead atoms. The zero-order chi connectivity index (χ0) is 18.6. The Hall–Kier alpha value is -2.01. The van der Waals surface area contributed by atoms with Gasteiger partial charge in [-0.1, -0.05) is 0 Å². The van der Waals surface area contributed by atoms with Crippen molar-refractivity contribution in [2.75, 3.05) is 40.3 Å². The molecule has 1 N–H and O–H groups in total. The summed E-state index contributed by atoms with van der Waals surface area (Å²) in [5.41, 5.74) is 1.31. The minimum Gasteiger partial charge on any atom is -0.497 e. The van der Waals surface area contributed by atoms with Crippen molar-refractivity contribution < 1.29 is 23.7 Å². The fourth-order valence-corrected chi connectivity index (χ4v) is 4.35. The molecule has 2 unspecified atom stereocenters. The van der Waals surface area contributed by atoms with Crippen molar-refractivity contribution in [2.45, 2.75) is 5.85 Å². The van der Waals surface area contributed by atoms with Gasteiger partial charge >= 0.3 is 0 Å². The van der Waals surface area contributed by atoms with Gasteiger partial charge < -0.3 is 24.0 Å². The van der Waals surface area contributed by atoms with Crippen LogP contribution in [0.4, 0.5) is 5.69 Å². The number of methoxy groups -OCH3 is 2. The van der Waals surface area contributed by atoms with Crippen LogP contribution in [0, 0.1) is 0 Å². The van der Waals surface area contributed by atoms with E-state index < -0.39 is 13.2 Å². The molecular weight excluding hydrogens is 341 g/mol. The molecule has 0 amide bonds. The van der Waals surface area contributed by atoms with Gasteiger partial charge in [0.05, 0.1) is 14.2 Å². The van der Waals surface area contributed by atoms with Gasteiger partial charge in [0.1, 0.15) is 11.5 Å². The van der Waals surface area contributed by atoms with Gasteiger partial charge in [-0.2, -0.15) is 0 Å². The maximum absolute atomic E-state index is 13.5. The molecule has 0 aliphatic carbocycles. The largest absolute Gasteiger partial charge is 0.497 e. The van der Waals surface area contributed by atoms with E-state index in [1.807, 2.05) is 31.1 Å². The Morgan fingerprint density at radius 3 is 2.12 bits per heavy atom. The SMILES string of the molecule is COc1ccc(OC)c(C(O)P(=O)(OC)c2ccc(N(C)C)cc2)c1. The number of aliphatic hydroxyl groups is 1. The molecular formula is C18H24NO5P.